The Morgan fingerprint density at radius 3 is 2.73 bits per heavy atom. The number of nitrogen functional groups attached to an aromatic ring is 1. The lowest BCUT2D eigenvalue weighted by Crippen LogP contribution is -2.01. The Labute approximate surface area is 65.2 Å². The van der Waals surface area contributed by atoms with Crippen LogP contribution in [0.5, 0.6) is 0 Å². The molecule has 0 aliphatic carbocycles. The van der Waals surface area contributed by atoms with Crippen LogP contribution in [-0.4, -0.2) is 10.8 Å². The Morgan fingerprint density at radius 1 is 1.64 bits per heavy atom. The number of nitrogens with two attached hydrogens (primary N) is 1. The van der Waals surface area contributed by atoms with Gasteiger partial charge in [-0.05, 0) is 19.9 Å². The number of rotatable bonds is 1. The summed E-state index contributed by atoms with van der Waals surface area (Å²) in [4.78, 5) is 14.8. The maximum Gasteiger partial charge on any atom is 0.160 e. The maximum atomic E-state index is 10.9. The number of Topliss-reactive ketones (excluding diaryl/α,β-unsaturated/α-hetero) is 1. The van der Waals surface area contributed by atoms with E-state index in [-0.39, 0.29) is 5.78 Å². The van der Waals surface area contributed by atoms with Crippen LogP contribution in [-0.2, 0) is 0 Å². The number of anilines is 1. The normalized spacial score (nSPS) is 9.64. The topological polar surface area (TPSA) is 56.0 Å². The Kier molecular flexibility index (Phi) is 1.89. The first-order chi connectivity index (χ1) is 5.13. The predicted molar refractivity (Wildman–Crippen MR) is 43.4 cm³/mol. The number of aromatic nitrogens is 1. The van der Waals surface area contributed by atoms with Gasteiger partial charge in [-0.25, -0.2) is 4.98 Å². The Bertz CT molecular complexity index is 294. The van der Waals surface area contributed by atoms with Crippen molar-refractivity contribution in [3.63, 3.8) is 0 Å². The van der Waals surface area contributed by atoms with Crippen molar-refractivity contribution in [2.45, 2.75) is 13.8 Å². The number of carbonyl (C=O) groups excluding carboxylic acids is 1. The van der Waals surface area contributed by atoms with Gasteiger partial charge in [0.15, 0.2) is 5.78 Å². The molecule has 0 aliphatic heterocycles. The van der Waals surface area contributed by atoms with Gasteiger partial charge < -0.3 is 5.73 Å². The highest BCUT2D eigenvalue weighted by molar-refractivity contribution is 5.96. The lowest BCUT2D eigenvalue weighted by atomic mass is 10.1. The van der Waals surface area contributed by atoms with Crippen molar-refractivity contribution in [1.29, 1.82) is 0 Å². The summed E-state index contributed by atoms with van der Waals surface area (Å²) in [6, 6.07) is 1.67. The molecule has 58 valence electrons. The molecule has 0 saturated heterocycles. The minimum Gasteiger partial charge on any atom is -0.383 e. The van der Waals surface area contributed by atoms with E-state index in [0.29, 0.717) is 11.4 Å². The fourth-order valence-corrected chi connectivity index (χ4v) is 0.933. The molecule has 0 bridgehead atoms. The fourth-order valence-electron chi connectivity index (χ4n) is 0.933. The molecule has 1 aromatic heterocycles. The average Bonchev–Trinajstić information content (AvgIpc) is 1.94. The van der Waals surface area contributed by atoms with E-state index in [1.807, 2.05) is 0 Å². The molecule has 3 heteroatoms. The zero-order valence-corrected chi connectivity index (χ0v) is 6.59. The van der Waals surface area contributed by atoms with E-state index < -0.39 is 0 Å². The van der Waals surface area contributed by atoms with Crippen LogP contribution < -0.4 is 5.73 Å². The van der Waals surface area contributed by atoms with Crippen LogP contribution in [0, 0.1) is 6.92 Å². The molecule has 0 atom stereocenters. The van der Waals surface area contributed by atoms with Crippen LogP contribution in [0.2, 0.25) is 0 Å². The Balaban J connectivity index is 3.27. The van der Waals surface area contributed by atoms with Gasteiger partial charge in [-0.15, -0.1) is 0 Å². The molecular weight excluding hydrogens is 140 g/mol. The van der Waals surface area contributed by atoms with E-state index in [4.69, 9.17) is 5.73 Å². The highest BCUT2D eigenvalue weighted by atomic mass is 16.1. The third-order valence-electron chi connectivity index (χ3n) is 1.62. The number of carbonyl (C=O) groups is 1. The van der Waals surface area contributed by atoms with Crippen LogP contribution in [0.1, 0.15) is 22.8 Å². The molecular formula is C8H10N2O. The number of ketones is 1. The molecule has 0 aromatic carbocycles. The van der Waals surface area contributed by atoms with Crippen LogP contribution in [0.25, 0.3) is 0 Å². The van der Waals surface area contributed by atoms with Crippen molar-refractivity contribution < 1.29 is 4.79 Å². The summed E-state index contributed by atoms with van der Waals surface area (Å²) >= 11 is 0. The number of hydrogen-bond acceptors (Lipinski definition) is 3. The molecule has 0 amide bonds. The van der Waals surface area contributed by atoms with E-state index in [2.05, 4.69) is 4.98 Å². The second-order valence-corrected chi connectivity index (χ2v) is 2.42. The monoisotopic (exact) mass is 150 g/mol. The lowest BCUT2D eigenvalue weighted by molar-refractivity contribution is 0.101. The van der Waals surface area contributed by atoms with Gasteiger partial charge in [0.05, 0.1) is 0 Å². The summed E-state index contributed by atoms with van der Waals surface area (Å²) in [7, 11) is 0. The number of pyridine rings is 1. The molecule has 11 heavy (non-hydrogen) atoms. The standard InChI is InChI=1S/C8H10N2O/c1-5-7(6(2)11)3-4-10-8(5)9/h3-4H,1-2H3,(H2,9,10). The molecule has 1 rings (SSSR count). The van der Waals surface area contributed by atoms with Gasteiger partial charge in [0, 0.05) is 17.3 Å². The number of hydrogen-bond donors (Lipinski definition) is 1. The summed E-state index contributed by atoms with van der Waals surface area (Å²) in [5, 5.41) is 0. The SMILES string of the molecule is CC(=O)c1ccnc(N)c1C. The van der Waals surface area contributed by atoms with Gasteiger partial charge in [-0.3, -0.25) is 4.79 Å². The Hall–Kier alpha value is -1.38. The largest absolute Gasteiger partial charge is 0.383 e. The van der Waals surface area contributed by atoms with Gasteiger partial charge >= 0.3 is 0 Å². The van der Waals surface area contributed by atoms with Gasteiger partial charge in [-0.2, -0.15) is 0 Å². The molecule has 0 spiro atoms. The van der Waals surface area contributed by atoms with Crippen molar-refractivity contribution in [3.05, 3.63) is 23.4 Å². The zero-order valence-electron chi connectivity index (χ0n) is 6.59. The van der Waals surface area contributed by atoms with Gasteiger partial charge in [0.25, 0.3) is 0 Å². The Morgan fingerprint density at radius 2 is 2.27 bits per heavy atom. The molecule has 0 unspecified atom stereocenters. The smallest absolute Gasteiger partial charge is 0.160 e. The van der Waals surface area contributed by atoms with Crippen molar-refractivity contribution in [2.24, 2.45) is 0 Å². The zero-order chi connectivity index (χ0) is 8.43. The minimum absolute atomic E-state index is 0.0246. The fraction of sp³-hybridized carbons (Fsp3) is 0.250. The van der Waals surface area contributed by atoms with Crippen molar-refractivity contribution >= 4 is 11.6 Å². The van der Waals surface area contributed by atoms with Crippen LogP contribution in [0.4, 0.5) is 5.82 Å². The maximum absolute atomic E-state index is 10.9. The number of nitrogens with zero attached hydrogens (tertiary/aromatic N) is 1. The van der Waals surface area contributed by atoms with Crippen LogP contribution >= 0.6 is 0 Å². The van der Waals surface area contributed by atoms with Gasteiger partial charge in [0.2, 0.25) is 0 Å². The summed E-state index contributed by atoms with van der Waals surface area (Å²) in [6.45, 7) is 3.31. The molecule has 1 heterocycles. The lowest BCUT2D eigenvalue weighted by Gasteiger charge is -2.02. The predicted octanol–water partition coefficient (Wildman–Crippen LogP) is 1.17. The third-order valence-corrected chi connectivity index (χ3v) is 1.62. The summed E-state index contributed by atoms with van der Waals surface area (Å²) in [5.74, 6) is 0.453. The second-order valence-electron chi connectivity index (χ2n) is 2.42. The van der Waals surface area contributed by atoms with Gasteiger partial charge in [0.1, 0.15) is 5.82 Å². The first-order valence-corrected chi connectivity index (χ1v) is 3.35. The van der Waals surface area contributed by atoms with Crippen molar-refractivity contribution in [1.82, 2.24) is 4.98 Å². The van der Waals surface area contributed by atoms with Crippen molar-refractivity contribution in [3.8, 4) is 0 Å². The molecule has 3 nitrogen and oxygen atoms in total. The average molecular weight is 150 g/mol. The van der Waals surface area contributed by atoms with E-state index in [1.54, 1.807) is 19.2 Å². The summed E-state index contributed by atoms with van der Waals surface area (Å²) in [6.07, 6.45) is 1.54. The van der Waals surface area contributed by atoms with Crippen LogP contribution in [0.3, 0.4) is 0 Å². The van der Waals surface area contributed by atoms with E-state index in [9.17, 15) is 4.79 Å². The first kappa shape index (κ1) is 7.72. The van der Waals surface area contributed by atoms with E-state index in [0.717, 1.165) is 5.56 Å². The summed E-state index contributed by atoms with van der Waals surface area (Å²) in [5.41, 5.74) is 6.91. The van der Waals surface area contributed by atoms with E-state index in [1.165, 1.54) is 6.92 Å². The molecule has 1 aromatic rings. The molecule has 2 N–H and O–H groups in total. The highest BCUT2D eigenvalue weighted by Gasteiger charge is 2.05. The second kappa shape index (κ2) is 2.70. The molecule has 0 radical (unpaired) electrons. The van der Waals surface area contributed by atoms with Gasteiger partial charge in [-0.1, -0.05) is 0 Å². The quantitative estimate of drug-likeness (QED) is 0.611. The van der Waals surface area contributed by atoms with Crippen LogP contribution in [0.15, 0.2) is 12.3 Å². The minimum atomic E-state index is 0.0246. The molecule has 0 aliphatic rings. The van der Waals surface area contributed by atoms with Crippen molar-refractivity contribution in [2.75, 3.05) is 5.73 Å². The molecule has 0 saturated carbocycles. The third kappa shape index (κ3) is 1.37. The summed E-state index contributed by atoms with van der Waals surface area (Å²) < 4.78 is 0. The highest BCUT2D eigenvalue weighted by Crippen LogP contribution is 2.12. The first-order valence-electron chi connectivity index (χ1n) is 3.35. The molecule has 0 fully saturated rings. The van der Waals surface area contributed by atoms with E-state index >= 15 is 0 Å².